The molecular formula is C19H19ClN4O4. The summed E-state index contributed by atoms with van der Waals surface area (Å²) in [5.41, 5.74) is 9.16. The van der Waals surface area contributed by atoms with Crippen LogP contribution in [0.3, 0.4) is 0 Å². The standard InChI is InChI=1S/C19H19ClN4O4/c1-2-26-19(25)17(24-23)18(22)28-14-7-8-15(20)16(9-14)27-11-13-5-3-12(10-21)4-6-13/h3-9,24H,2,11,22-23H2,1H3/b18-17+. The molecule has 0 aliphatic heterocycles. The van der Waals surface area contributed by atoms with Gasteiger partial charge in [0.25, 0.3) is 0 Å². The number of nitrogens with two attached hydrogens (primary N) is 2. The molecule has 9 heteroatoms. The summed E-state index contributed by atoms with van der Waals surface area (Å²) in [6, 6.07) is 13.7. The van der Waals surface area contributed by atoms with Crippen LogP contribution in [-0.2, 0) is 16.1 Å². The third-order valence-corrected chi connectivity index (χ3v) is 3.79. The largest absolute Gasteiger partial charge is 0.487 e. The summed E-state index contributed by atoms with van der Waals surface area (Å²) in [5.74, 6) is 4.95. The van der Waals surface area contributed by atoms with Gasteiger partial charge in [-0.05, 0) is 36.8 Å². The van der Waals surface area contributed by atoms with Gasteiger partial charge in [-0.1, -0.05) is 23.7 Å². The zero-order valence-corrected chi connectivity index (χ0v) is 15.8. The molecule has 2 aromatic rings. The Balaban J connectivity index is 2.13. The van der Waals surface area contributed by atoms with Crippen LogP contribution in [-0.4, -0.2) is 12.6 Å². The highest BCUT2D eigenvalue weighted by molar-refractivity contribution is 6.32. The number of hydrazine groups is 1. The molecule has 0 aliphatic carbocycles. The fourth-order valence-electron chi connectivity index (χ4n) is 2.11. The number of carbonyl (C=O) groups excluding carboxylic acids is 1. The summed E-state index contributed by atoms with van der Waals surface area (Å²) in [6.07, 6.45) is 0. The highest BCUT2D eigenvalue weighted by Crippen LogP contribution is 2.30. The lowest BCUT2D eigenvalue weighted by Gasteiger charge is -2.13. The van der Waals surface area contributed by atoms with Crippen molar-refractivity contribution in [2.45, 2.75) is 13.5 Å². The van der Waals surface area contributed by atoms with Crippen molar-refractivity contribution in [3.05, 3.63) is 70.2 Å². The Kier molecular flexibility index (Phi) is 7.51. The Hall–Kier alpha value is -3.41. The van der Waals surface area contributed by atoms with Crippen LogP contribution in [0, 0.1) is 11.3 Å². The zero-order valence-electron chi connectivity index (χ0n) is 15.1. The SMILES string of the molecule is CCOC(=O)/C(NN)=C(/N)Oc1ccc(Cl)c(OCc2ccc(C#N)cc2)c1. The predicted molar refractivity (Wildman–Crippen MR) is 103 cm³/mol. The van der Waals surface area contributed by atoms with Gasteiger partial charge in [-0.2, -0.15) is 5.26 Å². The van der Waals surface area contributed by atoms with Crippen molar-refractivity contribution in [2.24, 2.45) is 11.6 Å². The zero-order chi connectivity index (χ0) is 20.5. The average molecular weight is 403 g/mol. The number of benzene rings is 2. The molecule has 0 atom stereocenters. The Morgan fingerprint density at radius 1 is 1.25 bits per heavy atom. The minimum Gasteiger partial charge on any atom is -0.487 e. The van der Waals surface area contributed by atoms with Crippen LogP contribution in [0.2, 0.25) is 5.02 Å². The smallest absolute Gasteiger partial charge is 0.361 e. The normalized spacial score (nSPS) is 11.1. The van der Waals surface area contributed by atoms with Gasteiger partial charge in [0.15, 0.2) is 5.70 Å². The van der Waals surface area contributed by atoms with Gasteiger partial charge >= 0.3 is 5.97 Å². The molecule has 0 bridgehead atoms. The van der Waals surface area contributed by atoms with E-state index in [2.05, 4.69) is 11.5 Å². The summed E-state index contributed by atoms with van der Waals surface area (Å²) in [6.45, 7) is 2.05. The summed E-state index contributed by atoms with van der Waals surface area (Å²) in [7, 11) is 0. The third-order valence-electron chi connectivity index (χ3n) is 3.48. The fraction of sp³-hybridized carbons (Fsp3) is 0.158. The number of hydrogen-bond donors (Lipinski definition) is 3. The molecule has 2 rings (SSSR count). The lowest BCUT2D eigenvalue weighted by atomic mass is 10.2. The molecule has 0 heterocycles. The van der Waals surface area contributed by atoms with Crippen LogP contribution in [0.5, 0.6) is 11.5 Å². The highest BCUT2D eigenvalue weighted by Gasteiger charge is 2.16. The first-order valence-corrected chi connectivity index (χ1v) is 8.59. The van der Waals surface area contributed by atoms with E-state index in [9.17, 15) is 4.79 Å². The van der Waals surface area contributed by atoms with Crippen molar-refractivity contribution < 1.29 is 19.0 Å². The minimum atomic E-state index is -0.742. The first kappa shape index (κ1) is 20.9. The number of carbonyl (C=O) groups is 1. The molecule has 5 N–H and O–H groups in total. The number of esters is 1. The van der Waals surface area contributed by atoms with Crippen LogP contribution >= 0.6 is 11.6 Å². The molecule has 0 fully saturated rings. The van der Waals surface area contributed by atoms with E-state index >= 15 is 0 Å². The topological polar surface area (TPSA) is 133 Å². The number of hydrogen-bond acceptors (Lipinski definition) is 8. The average Bonchev–Trinajstić information content (AvgIpc) is 2.69. The van der Waals surface area contributed by atoms with Crippen LogP contribution in [0.4, 0.5) is 0 Å². The monoisotopic (exact) mass is 402 g/mol. The van der Waals surface area contributed by atoms with Crippen LogP contribution in [0.1, 0.15) is 18.1 Å². The van der Waals surface area contributed by atoms with Gasteiger partial charge in [0, 0.05) is 6.07 Å². The van der Waals surface area contributed by atoms with Crippen molar-refractivity contribution in [2.75, 3.05) is 6.61 Å². The number of nitrogens with one attached hydrogen (secondary N) is 1. The van der Waals surface area contributed by atoms with Gasteiger partial charge in [-0.15, -0.1) is 0 Å². The first-order chi connectivity index (χ1) is 13.5. The third kappa shape index (κ3) is 5.54. The molecule has 0 aliphatic rings. The van der Waals surface area contributed by atoms with Crippen LogP contribution < -0.4 is 26.5 Å². The van der Waals surface area contributed by atoms with E-state index in [-0.39, 0.29) is 30.5 Å². The summed E-state index contributed by atoms with van der Waals surface area (Å²) in [5, 5.41) is 9.20. The fourth-order valence-corrected chi connectivity index (χ4v) is 2.28. The van der Waals surface area contributed by atoms with Gasteiger partial charge in [-0.25, -0.2) is 4.79 Å². The van der Waals surface area contributed by atoms with E-state index in [1.807, 2.05) is 0 Å². The Labute approximate surface area is 167 Å². The van der Waals surface area contributed by atoms with Gasteiger partial charge in [-0.3, -0.25) is 5.84 Å². The molecule has 2 aromatic carbocycles. The summed E-state index contributed by atoms with van der Waals surface area (Å²) in [4.78, 5) is 11.8. The minimum absolute atomic E-state index is 0.158. The maximum Gasteiger partial charge on any atom is 0.361 e. The van der Waals surface area contributed by atoms with Crippen molar-refractivity contribution in [3.8, 4) is 17.6 Å². The number of nitrogens with zero attached hydrogens (tertiary/aromatic N) is 1. The summed E-state index contributed by atoms with van der Waals surface area (Å²) < 4.78 is 16.0. The Morgan fingerprint density at radius 3 is 2.57 bits per heavy atom. The predicted octanol–water partition coefficient (Wildman–Crippen LogP) is 2.32. The molecule has 146 valence electrons. The van der Waals surface area contributed by atoms with E-state index in [0.717, 1.165) is 5.56 Å². The van der Waals surface area contributed by atoms with E-state index in [1.165, 1.54) is 6.07 Å². The van der Waals surface area contributed by atoms with Gasteiger partial charge in [0.2, 0.25) is 5.88 Å². The van der Waals surface area contributed by atoms with Gasteiger partial charge in [0.05, 0.1) is 23.3 Å². The van der Waals surface area contributed by atoms with Crippen molar-refractivity contribution >= 4 is 17.6 Å². The van der Waals surface area contributed by atoms with Gasteiger partial charge < -0.3 is 25.4 Å². The second-order valence-corrected chi connectivity index (χ2v) is 5.80. The second-order valence-electron chi connectivity index (χ2n) is 5.40. The Morgan fingerprint density at radius 2 is 1.96 bits per heavy atom. The number of halogens is 1. The molecule has 0 spiro atoms. The first-order valence-electron chi connectivity index (χ1n) is 8.21. The van der Waals surface area contributed by atoms with E-state index in [0.29, 0.717) is 16.3 Å². The number of rotatable bonds is 8. The lowest BCUT2D eigenvalue weighted by Crippen LogP contribution is -2.32. The van der Waals surface area contributed by atoms with Crippen molar-refractivity contribution in [1.82, 2.24) is 5.43 Å². The van der Waals surface area contributed by atoms with Crippen LogP contribution in [0.15, 0.2) is 54.0 Å². The molecule has 0 radical (unpaired) electrons. The van der Waals surface area contributed by atoms with E-state index < -0.39 is 5.97 Å². The van der Waals surface area contributed by atoms with Crippen molar-refractivity contribution in [1.29, 1.82) is 5.26 Å². The maximum atomic E-state index is 11.8. The molecule has 0 aromatic heterocycles. The van der Waals surface area contributed by atoms with Crippen molar-refractivity contribution in [3.63, 3.8) is 0 Å². The molecular weight excluding hydrogens is 384 g/mol. The van der Waals surface area contributed by atoms with Gasteiger partial charge in [0.1, 0.15) is 18.1 Å². The molecule has 0 unspecified atom stereocenters. The molecule has 0 saturated carbocycles. The molecule has 0 amide bonds. The number of nitriles is 1. The number of ether oxygens (including phenoxy) is 3. The van der Waals surface area contributed by atoms with Crippen LogP contribution in [0.25, 0.3) is 0 Å². The van der Waals surface area contributed by atoms with E-state index in [1.54, 1.807) is 43.3 Å². The quantitative estimate of drug-likeness (QED) is 0.201. The lowest BCUT2D eigenvalue weighted by molar-refractivity contribution is -0.139. The molecule has 0 saturated heterocycles. The molecule has 8 nitrogen and oxygen atoms in total. The summed E-state index contributed by atoms with van der Waals surface area (Å²) >= 11 is 6.15. The second kappa shape index (κ2) is 10.1. The molecule has 28 heavy (non-hydrogen) atoms. The Bertz CT molecular complexity index is 907. The maximum absolute atomic E-state index is 11.8. The highest BCUT2D eigenvalue weighted by atomic mass is 35.5. The van der Waals surface area contributed by atoms with E-state index in [4.69, 9.17) is 42.6 Å².